The van der Waals surface area contributed by atoms with E-state index in [4.69, 9.17) is 18.9 Å². The molecule has 2 aromatic rings. The number of rotatable bonds is 9. The smallest absolute Gasteiger partial charge is 0.345 e. The maximum Gasteiger partial charge on any atom is 0.345 e. The van der Waals surface area contributed by atoms with Gasteiger partial charge in [0, 0.05) is 12.5 Å². The summed E-state index contributed by atoms with van der Waals surface area (Å²) in [6, 6.07) is 9.76. The predicted octanol–water partition coefficient (Wildman–Crippen LogP) is 3.41. The zero-order chi connectivity index (χ0) is 19.8. The molecule has 8 nitrogen and oxygen atoms in total. The predicted molar refractivity (Wildman–Crippen MR) is 97.8 cm³/mol. The van der Waals surface area contributed by atoms with E-state index in [-0.39, 0.29) is 23.7 Å². The molecule has 0 heterocycles. The number of benzene rings is 2. The lowest BCUT2D eigenvalue weighted by Gasteiger charge is -2.12. The molecule has 27 heavy (non-hydrogen) atoms. The minimum Gasteiger partial charge on any atom is -0.497 e. The van der Waals surface area contributed by atoms with Crippen molar-refractivity contribution in [1.29, 1.82) is 0 Å². The van der Waals surface area contributed by atoms with Crippen LogP contribution in [0.15, 0.2) is 36.4 Å². The van der Waals surface area contributed by atoms with Crippen molar-refractivity contribution in [2.45, 2.75) is 13.3 Å². The number of hydrogen-bond donors (Lipinski definition) is 0. The van der Waals surface area contributed by atoms with Gasteiger partial charge in [-0.05, 0) is 24.6 Å². The second-order valence-corrected chi connectivity index (χ2v) is 5.44. The fourth-order valence-corrected chi connectivity index (χ4v) is 2.42. The highest BCUT2D eigenvalue weighted by Crippen LogP contribution is 2.35. The standard InChI is InChI=1S/C19H21NO7/c1-4-26-18-11-15(16(20(22)23)12-17(18)25-3)19(21)27-10-9-13-5-7-14(24-2)8-6-13/h5-8,11-12H,4,9-10H2,1-3H3. The first kappa shape index (κ1) is 20.0. The van der Waals surface area contributed by atoms with Crippen LogP contribution in [0.25, 0.3) is 0 Å². The lowest BCUT2D eigenvalue weighted by Crippen LogP contribution is -2.11. The van der Waals surface area contributed by atoms with Crippen molar-refractivity contribution in [1.82, 2.24) is 0 Å². The van der Waals surface area contributed by atoms with Gasteiger partial charge in [-0.25, -0.2) is 4.79 Å². The number of methoxy groups -OCH3 is 2. The van der Waals surface area contributed by atoms with Crippen molar-refractivity contribution >= 4 is 11.7 Å². The molecule has 0 amide bonds. The molecule has 0 aliphatic rings. The lowest BCUT2D eigenvalue weighted by atomic mass is 10.1. The van der Waals surface area contributed by atoms with Crippen LogP contribution in [0, 0.1) is 10.1 Å². The average molecular weight is 375 g/mol. The number of nitrogens with zero attached hydrogens (tertiary/aromatic N) is 1. The zero-order valence-corrected chi connectivity index (χ0v) is 15.4. The SMILES string of the molecule is CCOc1cc(C(=O)OCCc2ccc(OC)cc2)c([N+](=O)[O-])cc1OC. The molecule has 2 aromatic carbocycles. The van der Waals surface area contributed by atoms with E-state index in [0.29, 0.717) is 13.0 Å². The van der Waals surface area contributed by atoms with Gasteiger partial charge in [-0.1, -0.05) is 12.1 Å². The van der Waals surface area contributed by atoms with Crippen molar-refractivity contribution in [3.63, 3.8) is 0 Å². The molecule has 0 radical (unpaired) electrons. The van der Waals surface area contributed by atoms with Crippen molar-refractivity contribution in [3.8, 4) is 17.2 Å². The highest BCUT2D eigenvalue weighted by atomic mass is 16.6. The summed E-state index contributed by atoms with van der Waals surface area (Å²) in [4.78, 5) is 23.0. The van der Waals surface area contributed by atoms with Crippen LogP contribution in [-0.4, -0.2) is 38.3 Å². The lowest BCUT2D eigenvalue weighted by molar-refractivity contribution is -0.385. The molecule has 0 saturated heterocycles. The summed E-state index contributed by atoms with van der Waals surface area (Å²) >= 11 is 0. The van der Waals surface area contributed by atoms with E-state index in [2.05, 4.69) is 0 Å². The molecule has 0 unspecified atom stereocenters. The maximum atomic E-state index is 12.4. The van der Waals surface area contributed by atoms with Crippen LogP contribution in [-0.2, 0) is 11.2 Å². The van der Waals surface area contributed by atoms with Gasteiger partial charge in [0.15, 0.2) is 11.5 Å². The largest absolute Gasteiger partial charge is 0.497 e. The Morgan fingerprint density at radius 3 is 2.33 bits per heavy atom. The van der Waals surface area contributed by atoms with Crippen LogP contribution < -0.4 is 14.2 Å². The summed E-state index contributed by atoms with van der Waals surface area (Å²) in [5.41, 5.74) is 0.367. The van der Waals surface area contributed by atoms with Crippen LogP contribution in [0.3, 0.4) is 0 Å². The van der Waals surface area contributed by atoms with Crippen molar-refractivity contribution in [2.75, 3.05) is 27.4 Å². The minimum absolute atomic E-state index is 0.0817. The highest BCUT2D eigenvalue weighted by Gasteiger charge is 2.25. The first-order chi connectivity index (χ1) is 13.0. The van der Waals surface area contributed by atoms with E-state index in [9.17, 15) is 14.9 Å². The van der Waals surface area contributed by atoms with Crippen LogP contribution in [0.1, 0.15) is 22.8 Å². The summed E-state index contributed by atoms with van der Waals surface area (Å²) in [5.74, 6) is 0.359. The molecule has 144 valence electrons. The molecule has 0 spiro atoms. The molecule has 0 saturated carbocycles. The Bertz CT molecular complexity index is 802. The molecule has 8 heteroatoms. The first-order valence-corrected chi connectivity index (χ1v) is 8.29. The molecule has 2 rings (SSSR count). The number of nitro benzene ring substituents is 1. The summed E-state index contributed by atoms with van der Waals surface area (Å²) in [7, 11) is 2.95. The fraction of sp³-hybridized carbons (Fsp3) is 0.316. The normalized spacial score (nSPS) is 10.2. The van der Waals surface area contributed by atoms with E-state index in [1.807, 2.05) is 12.1 Å². The number of carbonyl (C=O) groups is 1. The Labute approximate surface area is 156 Å². The number of ether oxygens (including phenoxy) is 4. The molecule has 0 bridgehead atoms. The minimum atomic E-state index is -0.793. The summed E-state index contributed by atoms with van der Waals surface area (Å²) < 4.78 is 20.8. The second kappa shape index (κ2) is 9.42. The van der Waals surface area contributed by atoms with Gasteiger partial charge < -0.3 is 18.9 Å². The third kappa shape index (κ3) is 5.10. The quantitative estimate of drug-likeness (QED) is 0.376. The Kier molecular flexibility index (Phi) is 6.99. The second-order valence-electron chi connectivity index (χ2n) is 5.44. The number of carbonyl (C=O) groups excluding carboxylic acids is 1. The summed E-state index contributed by atoms with van der Waals surface area (Å²) in [6.45, 7) is 2.16. The van der Waals surface area contributed by atoms with Crippen molar-refractivity contribution < 1.29 is 28.7 Å². The van der Waals surface area contributed by atoms with Gasteiger partial charge in [-0.3, -0.25) is 10.1 Å². The highest BCUT2D eigenvalue weighted by molar-refractivity contribution is 5.95. The van der Waals surface area contributed by atoms with Gasteiger partial charge in [0.25, 0.3) is 5.69 Å². The van der Waals surface area contributed by atoms with Crippen molar-refractivity contribution in [2.24, 2.45) is 0 Å². The number of nitro groups is 1. The molecule has 0 N–H and O–H groups in total. The molecular weight excluding hydrogens is 354 g/mol. The molecule has 0 fully saturated rings. The number of hydrogen-bond acceptors (Lipinski definition) is 7. The monoisotopic (exact) mass is 375 g/mol. The van der Waals surface area contributed by atoms with Gasteiger partial charge >= 0.3 is 5.97 Å². The summed E-state index contributed by atoms with van der Waals surface area (Å²) in [6.07, 6.45) is 0.470. The summed E-state index contributed by atoms with van der Waals surface area (Å²) in [5, 5.41) is 11.3. The van der Waals surface area contributed by atoms with Gasteiger partial charge in [0.2, 0.25) is 0 Å². The van der Waals surface area contributed by atoms with Gasteiger partial charge in [0.1, 0.15) is 11.3 Å². The first-order valence-electron chi connectivity index (χ1n) is 8.29. The molecular formula is C19H21NO7. The van der Waals surface area contributed by atoms with Crippen molar-refractivity contribution in [3.05, 3.63) is 57.6 Å². The average Bonchev–Trinajstić information content (AvgIpc) is 2.68. The van der Waals surface area contributed by atoms with E-state index < -0.39 is 16.6 Å². The van der Waals surface area contributed by atoms with Crippen LogP contribution >= 0.6 is 0 Å². The maximum absolute atomic E-state index is 12.4. The van der Waals surface area contributed by atoms with E-state index >= 15 is 0 Å². The van der Waals surface area contributed by atoms with E-state index in [1.165, 1.54) is 13.2 Å². The topological polar surface area (TPSA) is 97.1 Å². The Morgan fingerprint density at radius 2 is 1.78 bits per heavy atom. The van der Waals surface area contributed by atoms with E-state index in [1.54, 1.807) is 26.2 Å². The van der Waals surface area contributed by atoms with Crippen LogP contribution in [0.2, 0.25) is 0 Å². The molecule has 0 atom stereocenters. The van der Waals surface area contributed by atoms with Gasteiger partial charge in [0.05, 0.1) is 38.4 Å². The zero-order valence-electron chi connectivity index (χ0n) is 15.4. The van der Waals surface area contributed by atoms with Gasteiger partial charge in [-0.15, -0.1) is 0 Å². The Balaban J connectivity index is 2.13. The number of esters is 1. The van der Waals surface area contributed by atoms with Crippen LogP contribution in [0.4, 0.5) is 5.69 Å². The Morgan fingerprint density at radius 1 is 1.07 bits per heavy atom. The molecule has 0 aliphatic heterocycles. The molecule has 0 aliphatic carbocycles. The van der Waals surface area contributed by atoms with E-state index in [0.717, 1.165) is 17.4 Å². The third-order valence-electron chi connectivity index (χ3n) is 3.78. The fourth-order valence-electron chi connectivity index (χ4n) is 2.42. The molecule has 0 aromatic heterocycles. The Hall–Kier alpha value is -3.29. The van der Waals surface area contributed by atoms with Crippen LogP contribution in [0.5, 0.6) is 17.2 Å². The third-order valence-corrected chi connectivity index (χ3v) is 3.78. The van der Waals surface area contributed by atoms with Gasteiger partial charge in [-0.2, -0.15) is 0 Å².